The monoisotopic (exact) mass is 273 g/mol. The molecule has 0 saturated heterocycles. The molecular formula is C13H15N5O2. The van der Waals surface area contributed by atoms with Crippen molar-refractivity contribution in [1.29, 1.82) is 0 Å². The highest BCUT2D eigenvalue weighted by atomic mass is 16.2. The van der Waals surface area contributed by atoms with Crippen LogP contribution in [0.3, 0.4) is 0 Å². The maximum absolute atomic E-state index is 11.8. The molecule has 2 aromatic heterocycles. The number of rotatable bonds is 3. The average molecular weight is 273 g/mol. The molecular weight excluding hydrogens is 258 g/mol. The van der Waals surface area contributed by atoms with Crippen LogP contribution >= 0.6 is 0 Å². The van der Waals surface area contributed by atoms with Crippen molar-refractivity contribution in [2.75, 3.05) is 0 Å². The summed E-state index contributed by atoms with van der Waals surface area (Å²) in [4.78, 5) is 30.4. The molecule has 7 heteroatoms. The Labute approximate surface area is 114 Å². The van der Waals surface area contributed by atoms with E-state index in [2.05, 4.69) is 25.5 Å². The average Bonchev–Trinajstić information content (AvgIpc) is 2.88. The molecule has 0 aromatic carbocycles. The SMILES string of the molecule is O=C(NCc1nc2c([nH]1)CCCC2)c1ccc(=O)[nH]n1. The lowest BCUT2D eigenvalue weighted by molar-refractivity contribution is 0.0944. The third-order valence-corrected chi connectivity index (χ3v) is 3.33. The summed E-state index contributed by atoms with van der Waals surface area (Å²) in [5.74, 6) is 0.422. The van der Waals surface area contributed by atoms with Gasteiger partial charge in [0.2, 0.25) is 0 Å². The van der Waals surface area contributed by atoms with E-state index >= 15 is 0 Å². The first-order valence-corrected chi connectivity index (χ1v) is 6.63. The van der Waals surface area contributed by atoms with E-state index in [0.29, 0.717) is 6.54 Å². The van der Waals surface area contributed by atoms with Crippen LogP contribution in [0.25, 0.3) is 0 Å². The number of aromatic amines is 2. The number of fused-ring (bicyclic) bond motifs is 1. The summed E-state index contributed by atoms with van der Waals surface area (Å²) in [5.41, 5.74) is 2.14. The zero-order valence-corrected chi connectivity index (χ0v) is 10.9. The molecule has 0 unspecified atom stereocenters. The molecule has 0 bridgehead atoms. The lowest BCUT2D eigenvalue weighted by atomic mass is 10.0. The van der Waals surface area contributed by atoms with Crippen molar-refractivity contribution in [1.82, 2.24) is 25.5 Å². The largest absolute Gasteiger partial charge is 0.344 e. The number of carbonyl (C=O) groups is 1. The first kappa shape index (κ1) is 12.6. The topological polar surface area (TPSA) is 104 Å². The van der Waals surface area contributed by atoms with Gasteiger partial charge < -0.3 is 10.3 Å². The fourth-order valence-corrected chi connectivity index (χ4v) is 2.32. The predicted octanol–water partition coefficient (Wildman–Crippen LogP) is 0.302. The second-order valence-electron chi connectivity index (χ2n) is 4.80. The summed E-state index contributed by atoms with van der Waals surface area (Å²) in [7, 11) is 0. The molecule has 20 heavy (non-hydrogen) atoms. The predicted molar refractivity (Wildman–Crippen MR) is 71.3 cm³/mol. The van der Waals surface area contributed by atoms with Gasteiger partial charge in [0.1, 0.15) is 11.5 Å². The highest BCUT2D eigenvalue weighted by Gasteiger charge is 2.15. The maximum Gasteiger partial charge on any atom is 0.272 e. The van der Waals surface area contributed by atoms with E-state index in [0.717, 1.165) is 24.4 Å². The van der Waals surface area contributed by atoms with E-state index < -0.39 is 0 Å². The van der Waals surface area contributed by atoms with Crippen LogP contribution in [-0.2, 0) is 19.4 Å². The van der Waals surface area contributed by atoms with Gasteiger partial charge in [-0.25, -0.2) is 10.1 Å². The summed E-state index contributed by atoms with van der Waals surface area (Å²) in [6.45, 7) is 0.326. The Bertz CT molecular complexity index is 644. The molecule has 0 atom stereocenters. The van der Waals surface area contributed by atoms with Gasteiger partial charge in [0.05, 0.1) is 12.2 Å². The van der Waals surface area contributed by atoms with E-state index in [1.54, 1.807) is 0 Å². The van der Waals surface area contributed by atoms with Gasteiger partial charge in [0.25, 0.3) is 11.5 Å². The third kappa shape index (κ3) is 2.61. The molecule has 0 spiro atoms. The number of hydrogen-bond acceptors (Lipinski definition) is 4. The molecule has 0 aliphatic heterocycles. The van der Waals surface area contributed by atoms with Crippen LogP contribution in [0.15, 0.2) is 16.9 Å². The number of amides is 1. The van der Waals surface area contributed by atoms with Crippen molar-refractivity contribution in [2.45, 2.75) is 32.2 Å². The summed E-state index contributed by atoms with van der Waals surface area (Å²) >= 11 is 0. The highest BCUT2D eigenvalue weighted by Crippen LogP contribution is 2.18. The lowest BCUT2D eigenvalue weighted by Crippen LogP contribution is -2.25. The van der Waals surface area contributed by atoms with Crippen LogP contribution in [0, 0.1) is 0 Å². The minimum absolute atomic E-state index is 0.181. The minimum Gasteiger partial charge on any atom is -0.344 e. The van der Waals surface area contributed by atoms with Crippen LogP contribution in [0.5, 0.6) is 0 Å². The Morgan fingerprint density at radius 1 is 1.30 bits per heavy atom. The number of aromatic nitrogens is 4. The summed E-state index contributed by atoms with van der Waals surface area (Å²) in [6, 6.07) is 2.66. The van der Waals surface area contributed by atoms with E-state index in [4.69, 9.17) is 0 Å². The molecule has 0 radical (unpaired) electrons. The standard InChI is InChI=1S/C13H15N5O2/c19-12-6-5-10(17-18-12)13(20)14-7-11-15-8-3-1-2-4-9(8)16-11/h5-6H,1-4,7H2,(H,14,20)(H,15,16)(H,18,19). The Kier molecular flexibility index (Phi) is 3.32. The van der Waals surface area contributed by atoms with Gasteiger partial charge >= 0.3 is 0 Å². The van der Waals surface area contributed by atoms with E-state index in [1.165, 1.54) is 30.7 Å². The van der Waals surface area contributed by atoms with Crippen LogP contribution in [0.2, 0.25) is 0 Å². The molecule has 2 aromatic rings. The zero-order valence-electron chi connectivity index (χ0n) is 10.9. The molecule has 1 aliphatic carbocycles. The van der Waals surface area contributed by atoms with Gasteiger partial charge in [-0.15, -0.1) is 0 Å². The summed E-state index contributed by atoms with van der Waals surface area (Å²) < 4.78 is 0. The van der Waals surface area contributed by atoms with Crippen LogP contribution in [-0.4, -0.2) is 26.1 Å². The fraction of sp³-hybridized carbons (Fsp3) is 0.385. The molecule has 0 fully saturated rings. The second kappa shape index (κ2) is 5.28. The number of H-pyrrole nitrogens is 2. The van der Waals surface area contributed by atoms with Crippen LogP contribution in [0.4, 0.5) is 0 Å². The van der Waals surface area contributed by atoms with Gasteiger partial charge in [-0.3, -0.25) is 9.59 Å². The number of nitrogens with one attached hydrogen (secondary N) is 3. The van der Waals surface area contributed by atoms with E-state index in [-0.39, 0.29) is 17.2 Å². The smallest absolute Gasteiger partial charge is 0.272 e. The lowest BCUT2D eigenvalue weighted by Gasteiger charge is -2.07. The Hall–Kier alpha value is -2.44. The molecule has 1 amide bonds. The van der Waals surface area contributed by atoms with Gasteiger partial charge in [0, 0.05) is 11.8 Å². The first-order valence-electron chi connectivity index (χ1n) is 6.63. The van der Waals surface area contributed by atoms with Gasteiger partial charge in [-0.2, -0.15) is 5.10 Å². The molecule has 1 aliphatic rings. The van der Waals surface area contributed by atoms with Crippen molar-refractivity contribution < 1.29 is 4.79 Å². The Balaban J connectivity index is 1.64. The van der Waals surface area contributed by atoms with Crippen molar-refractivity contribution >= 4 is 5.91 Å². The van der Waals surface area contributed by atoms with Crippen molar-refractivity contribution in [3.63, 3.8) is 0 Å². The normalized spacial score (nSPS) is 13.8. The highest BCUT2D eigenvalue weighted by molar-refractivity contribution is 5.91. The number of hydrogen-bond donors (Lipinski definition) is 3. The molecule has 3 N–H and O–H groups in total. The minimum atomic E-state index is -0.337. The van der Waals surface area contributed by atoms with Gasteiger partial charge in [0.15, 0.2) is 0 Å². The molecule has 7 nitrogen and oxygen atoms in total. The molecule has 104 valence electrons. The van der Waals surface area contributed by atoms with Gasteiger partial charge in [-0.05, 0) is 31.7 Å². The maximum atomic E-state index is 11.8. The van der Waals surface area contributed by atoms with E-state index in [1.807, 2.05) is 0 Å². The molecule has 3 rings (SSSR count). The van der Waals surface area contributed by atoms with Crippen molar-refractivity contribution in [3.8, 4) is 0 Å². The number of imidazole rings is 1. The van der Waals surface area contributed by atoms with Crippen LogP contribution < -0.4 is 10.9 Å². The fourth-order valence-electron chi connectivity index (χ4n) is 2.32. The second-order valence-corrected chi connectivity index (χ2v) is 4.80. The third-order valence-electron chi connectivity index (χ3n) is 3.33. The molecule has 0 saturated carbocycles. The van der Waals surface area contributed by atoms with E-state index in [9.17, 15) is 9.59 Å². The first-order chi connectivity index (χ1) is 9.72. The van der Waals surface area contributed by atoms with Crippen molar-refractivity contribution in [2.24, 2.45) is 0 Å². The van der Waals surface area contributed by atoms with Gasteiger partial charge in [-0.1, -0.05) is 0 Å². The number of nitrogens with zero attached hydrogens (tertiary/aromatic N) is 2. The Morgan fingerprint density at radius 2 is 2.15 bits per heavy atom. The number of aryl methyl sites for hydroxylation is 2. The molecule has 2 heterocycles. The number of carbonyl (C=O) groups excluding carboxylic acids is 1. The summed E-state index contributed by atoms with van der Waals surface area (Å²) in [6.07, 6.45) is 4.38. The van der Waals surface area contributed by atoms with Crippen molar-refractivity contribution in [3.05, 3.63) is 45.4 Å². The Morgan fingerprint density at radius 3 is 2.90 bits per heavy atom. The zero-order chi connectivity index (χ0) is 13.9. The summed E-state index contributed by atoms with van der Waals surface area (Å²) in [5, 5.41) is 8.63. The quantitative estimate of drug-likeness (QED) is 0.748. The van der Waals surface area contributed by atoms with Crippen LogP contribution in [0.1, 0.15) is 40.5 Å².